The minimum Gasteiger partial charge on any atom is -0.494 e. The molecular weight excluding hydrogens is 332 g/mol. The van der Waals surface area contributed by atoms with Crippen LogP contribution in [0.4, 0.5) is 0 Å². The molecule has 7 nitrogen and oxygen atoms in total. The molecule has 1 amide bonds. The number of ether oxygens (including phenoxy) is 1. The Morgan fingerprint density at radius 3 is 2.67 bits per heavy atom. The quantitative estimate of drug-likeness (QED) is 0.336. The minimum absolute atomic E-state index is 0.0508. The number of hydrogen-bond donors (Lipinski definition) is 2. The number of hydroxylamine groups is 1. The average molecular weight is 354 g/mol. The fourth-order valence-corrected chi connectivity index (χ4v) is 4.11. The van der Waals surface area contributed by atoms with Gasteiger partial charge >= 0.3 is 0 Å². The number of carbonyl (C=O) groups is 1. The molecule has 1 fully saturated rings. The van der Waals surface area contributed by atoms with Gasteiger partial charge in [-0.1, -0.05) is 25.5 Å². The number of hydrogen-bond acceptors (Lipinski definition) is 5. The van der Waals surface area contributed by atoms with Crippen molar-refractivity contribution in [1.29, 1.82) is 0 Å². The Labute approximate surface area is 141 Å². The lowest BCUT2D eigenvalue weighted by molar-refractivity contribution is -0.132. The van der Waals surface area contributed by atoms with Gasteiger partial charge in [0.25, 0.3) is 5.91 Å². The van der Waals surface area contributed by atoms with Gasteiger partial charge in [0.15, 0.2) is 0 Å². The lowest BCUT2D eigenvalue weighted by atomic mass is 10.2. The van der Waals surface area contributed by atoms with Crippen molar-refractivity contribution in [3.05, 3.63) is 36.4 Å². The van der Waals surface area contributed by atoms with E-state index in [0.717, 1.165) is 17.1 Å². The highest BCUT2D eigenvalue weighted by Crippen LogP contribution is 2.29. The molecule has 0 aromatic heterocycles. The summed E-state index contributed by atoms with van der Waals surface area (Å²) in [6.07, 6.45) is 2.12. The summed E-state index contributed by atoms with van der Waals surface area (Å²) in [5, 5.41) is 8.81. The molecule has 1 heterocycles. The Bertz CT molecular complexity index is 700. The molecule has 1 aliphatic heterocycles. The Balaban J connectivity index is 2.19. The first-order valence-electron chi connectivity index (χ1n) is 7.75. The molecule has 2 rings (SSSR count). The molecule has 1 saturated heterocycles. The highest BCUT2D eigenvalue weighted by atomic mass is 32.2. The molecule has 132 valence electrons. The molecule has 1 aromatic rings. The van der Waals surface area contributed by atoms with Crippen LogP contribution < -0.4 is 10.2 Å². The van der Waals surface area contributed by atoms with E-state index in [-0.39, 0.29) is 17.9 Å². The maximum Gasteiger partial charge on any atom is 0.262 e. The summed E-state index contributed by atoms with van der Waals surface area (Å²) in [6, 6.07) is 5.09. The van der Waals surface area contributed by atoms with Gasteiger partial charge in [-0.15, -0.1) is 0 Å². The van der Waals surface area contributed by atoms with Crippen LogP contribution in [-0.2, 0) is 14.8 Å². The Kier molecular flexibility index (Phi) is 5.98. The van der Waals surface area contributed by atoms with Crippen LogP contribution in [0.15, 0.2) is 41.3 Å². The summed E-state index contributed by atoms with van der Waals surface area (Å²) in [5.41, 5.74) is 2.13. The molecule has 0 bridgehead atoms. The second-order valence-corrected chi connectivity index (χ2v) is 7.56. The van der Waals surface area contributed by atoms with Crippen molar-refractivity contribution in [2.45, 2.75) is 37.1 Å². The lowest BCUT2D eigenvalue weighted by Crippen LogP contribution is -2.44. The molecule has 0 saturated carbocycles. The summed E-state index contributed by atoms with van der Waals surface area (Å²) in [4.78, 5) is 11.8. The molecule has 0 radical (unpaired) electrons. The third kappa shape index (κ3) is 3.95. The molecule has 0 aliphatic carbocycles. The Morgan fingerprint density at radius 1 is 1.42 bits per heavy atom. The van der Waals surface area contributed by atoms with E-state index in [1.807, 2.05) is 0 Å². The topological polar surface area (TPSA) is 95.9 Å². The van der Waals surface area contributed by atoms with Crippen LogP contribution in [0, 0.1) is 0 Å². The molecule has 1 atom stereocenters. The van der Waals surface area contributed by atoms with E-state index in [0.29, 0.717) is 17.9 Å². The molecular formula is C16H22N2O5S. The lowest BCUT2D eigenvalue weighted by Gasteiger charge is -2.22. The summed E-state index contributed by atoms with van der Waals surface area (Å²) in [7, 11) is -3.87. The second-order valence-electron chi connectivity index (χ2n) is 5.67. The largest absolute Gasteiger partial charge is 0.494 e. The van der Waals surface area contributed by atoms with E-state index in [1.165, 1.54) is 17.6 Å². The second kappa shape index (κ2) is 7.78. The zero-order chi connectivity index (χ0) is 17.7. The summed E-state index contributed by atoms with van der Waals surface area (Å²) in [5.74, 6) is -0.172. The number of unbranched alkanes of at least 4 members (excludes halogenated alkanes) is 1. The van der Waals surface area contributed by atoms with Crippen LogP contribution in [0.1, 0.15) is 26.2 Å². The third-order valence-corrected chi connectivity index (χ3v) is 5.69. The van der Waals surface area contributed by atoms with Crippen molar-refractivity contribution < 1.29 is 23.2 Å². The van der Waals surface area contributed by atoms with E-state index in [9.17, 15) is 13.2 Å². The van der Waals surface area contributed by atoms with Crippen LogP contribution in [0.5, 0.6) is 5.75 Å². The molecule has 0 spiro atoms. The molecule has 24 heavy (non-hydrogen) atoms. The van der Waals surface area contributed by atoms with Gasteiger partial charge in [-0.05, 0) is 37.1 Å². The summed E-state index contributed by atoms with van der Waals surface area (Å²) in [6.45, 7) is 6.43. The third-order valence-electron chi connectivity index (χ3n) is 3.82. The van der Waals surface area contributed by atoms with E-state index in [4.69, 9.17) is 9.94 Å². The highest BCUT2D eigenvalue weighted by Gasteiger charge is 2.41. The number of carbonyl (C=O) groups excluding carboxylic acids is 1. The fourth-order valence-electron chi connectivity index (χ4n) is 2.50. The molecule has 1 aromatic carbocycles. The maximum absolute atomic E-state index is 12.8. The van der Waals surface area contributed by atoms with Gasteiger partial charge in [0, 0.05) is 6.54 Å². The monoisotopic (exact) mass is 354 g/mol. The van der Waals surface area contributed by atoms with E-state index in [1.54, 1.807) is 12.1 Å². The number of sulfonamides is 1. The van der Waals surface area contributed by atoms with Crippen molar-refractivity contribution in [3.8, 4) is 5.75 Å². The van der Waals surface area contributed by atoms with E-state index < -0.39 is 22.0 Å². The maximum atomic E-state index is 12.8. The normalized spacial score (nSPS) is 18.6. The Hall–Kier alpha value is -1.90. The van der Waals surface area contributed by atoms with Gasteiger partial charge in [-0.2, -0.15) is 4.31 Å². The van der Waals surface area contributed by atoms with E-state index in [2.05, 4.69) is 13.5 Å². The van der Waals surface area contributed by atoms with Crippen LogP contribution in [0.2, 0.25) is 0 Å². The first kappa shape index (κ1) is 18.4. The van der Waals surface area contributed by atoms with Crippen molar-refractivity contribution in [2.24, 2.45) is 0 Å². The van der Waals surface area contributed by atoms with Gasteiger partial charge < -0.3 is 4.74 Å². The zero-order valence-electron chi connectivity index (χ0n) is 13.6. The standard InChI is InChI=1S/C16H22N2O5S/c1-3-4-9-23-13-5-7-14(8-6-13)24(21,22)18-11-12(2)10-15(18)16(19)17-20/h5-8,15,20H,2-4,9-11H2,1H3,(H,17,19)/t15-/m1/s1. The van der Waals surface area contributed by atoms with Gasteiger partial charge in [-0.25, -0.2) is 13.9 Å². The summed E-state index contributed by atoms with van der Waals surface area (Å²) < 4.78 is 32.1. The minimum atomic E-state index is -3.87. The van der Waals surface area contributed by atoms with Gasteiger partial charge in [0.05, 0.1) is 11.5 Å². The van der Waals surface area contributed by atoms with Gasteiger partial charge in [0.1, 0.15) is 11.8 Å². The molecule has 0 unspecified atom stereocenters. The number of nitrogens with one attached hydrogen (secondary N) is 1. The zero-order valence-corrected chi connectivity index (χ0v) is 14.4. The van der Waals surface area contributed by atoms with Crippen LogP contribution >= 0.6 is 0 Å². The predicted molar refractivity (Wildman–Crippen MR) is 88.2 cm³/mol. The van der Waals surface area contributed by atoms with Gasteiger partial charge in [0.2, 0.25) is 10.0 Å². The van der Waals surface area contributed by atoms with Crippen molar-refractivity contribution in [1.82, 2.24) is 9.79 Å². The van der Waals surface area contributed by atoms with Crippen LogP contribution in [0.25, 0.3) is 0 Å². The molecule has 2 N–H and O–H groups in total. The highest BCUT2D eigenvalue weighted by molar-refractivity contribution is 7.89. The van der Waals surface area contributed by atoms with Crippen molar-refractivity contribution in [2.75, 3.05) is 13.2 Å². The predicted octanol–water partition coefficient (Wildman–Crippen LogP) is 1.69. The van der Waals surface area contributed by atoms with Crippen molar-refractivity contribution >= 4 is 15.9 Å². The fraction of sp³-hybridized carbons (Fsp3) is 0.438. The van der Waals surface area contributed by atoms with E-state index >= 15 is 0 Å². The number of benzene rings is 1. The number of rotatable bonds is 7. The smallest absolute Gasteiger partial charge is 0.262 e. The Morgan fingerprint density at radius 2 is 2.08 bits per heavy atom. The number of nitrogens with zero attached hydrogens (tertiary/aromatic N) is 1. The number of amides is 1. The van der Waals surface area contributed by atoms with Crippen LogP contribution in [-0.4, -0.2) is 43.0 Å². The van der Waals surface area contributed by atoms with Gasteiger partial charge in [-0.3, -0.25) is 10.0 Å². The van der Waals surface area contributed by atoms with Crippen LogP contribution in [0.3, 0.4) is 0 Å². The molecule has 8 heteroatoms. The summed E-state index contributed by atoms with van der Waals surface area (Å²) >= 11 is 0. The average Bonchev–Trinajstić information content (AvgIpc) is 2.97. The SMILES string of the molecule is C=C1C[C@H](C(=O)NO)N(S(=O)(=O)c2ccc(OCCCC)cc2)C1. The first-order valence-corrected chi connectivity index (χ1v) is 9.19. The first-order chi connectivity index (χ1) is 11.4. The van der Waals surface area contributed by atoms with Crippen molar-refractivity contribution in [3.63, 3.8) is 0 Å². The molecule has 1 aliphatic rings.